The van der Waals surface area contributed by atoms with Gasteiger partial charge in [0.2, 0.25) is 11.8 Å². The van der Waals surface area contributed by atoms with E-state index in [0.717, 1.165) is 52.3 Å². The van der Waals surface area contributed by atoms with E-state index >= 15 is 0 Å². The van der Waals surface area contributed by atoms with E-state index in [1.807, 2.05) is 50.2 Å². The summed E-state index contributed by atoms with van der Waals surface area (Å²) in [4.78, 5) is 15.5. The van der Waals surface area contributed by atoms with Gasteiger partial charge in [0.05, 0.1) is 23.1 Å². The topological polar surface area (TPSA) is 112 Å². The van der Waals surface area contributed by atoms with E-state index in [1.165, 1.54) is 6.08 Å². The molecular formula is C30H25FN4O3. The standard InChI is InChI=1S/C30H25FN4O3/c1-3-38-25-14-17(2)23(16-33-25)28(20-9-10-20)27(19-7-4-18(5-8-19)6-13-26(36)37)21-11-12-24-29(22(21)15-32)30(31)35-34-24/h4-8,11-14,16,20H,3,9-10H2,1-2H3,(H,34,35)(H,36,37)/b13-6+,28-27+. The maximum absolute atomic E-state index is 14.7. The number of nitrogens with zero attached hydrogens (tertiary/aromatic N) is 3. The molecule has 2 aromatic heterocycles. The number of allylic oxidation sites excluding steroid dienone is 1. The highest BCUT2D eigenvalue weighted by molar-refractivity contribution is 6.04. The summed E-state index contributed by atoms with van der Waals surface area (Å²) in [5.41, 5.74) is 6.57. The van der Waals surface area contributed by atoms with E-state index < -0.39 is 11.9 Å². The molecule has 5 rings (SSSR count). The smallest absolute Gasteiger partial charge is 0.328 e. The lowest BCUT2D eigenvalue weighted by molar-refractivity contribution is -0.131. The number of ether oxygens (including phenoxy) is 1. The third-order valence-corrected chi connectivity index (χ3v) is 6.61. The molecule has 4 aromatic rings. The number of carbonyl (C=O) groups is 1. The Labute approximate surface area is 218 Å². The van der Waals surface area contributed by atoms with E-state index in [2.05, 4.69) is 21.3 Å². The molecule has 0 bridgehead atoms. The van der Waals surface area contributed by atoms with Crippen molar-refractivity contribution in [2.45, 2.75) is 26.7 Å². The molecule has 2 heterocycles. The van der Waals surface area contributed by atoms with Crippen molar-refractivity contribution in [2.75, 3.05) is 6.61 Å². The van der Waals surface area contributed by atoms with Crippen molar-refractivity contribution in [3.63, 3.8) is 0 Å². The van der Waals surface area contributed by atoms with Gasteiger partial charge in [-0.3, -0.25) is 5.10 Å². The van der Waals surface area contributed by atoms with Crippen LogP contribution in [0.5, 0.6) is 5.88 Å². The first-order chi connectivity index (χ1) is 18.4. The van der Waals surface area contributed by atoms with Gasteiger partial charge in [0.25, 0.3) is 0 Å². The highest BCUT2D eigenvalue weighted by Gasteiger charge is 2.33. The number of aromatic amines is 1. The van der Waals surface area contributed by atoms with E-state index in [4.69, 9.17) is 9.84 Å². The van der Waals surface area contributed by atoms with Crippen LogP contribution in [0.2, 0.25) is 0 Å². The number of halogens is 1. The van der Waals surface area contributed by atoms with Gasteiger partial charge in [-0.2, -0.15) is 9.65 Å². The fraction of sp³-hybridized carbons (Fsp3) is 0.200. The third-order valence-electron chi connectivity index (χ3n) is 6.61. The van der Waals surface area contributed by atoms with Crippen LogP contribution in [0.15, 0.2) is 54.7 Å². The van der Waals surface area contributed by atoms with Crippen molar-refractivity contribution in [1.82, 2.24) is 15.2 Å². The number of aryl methyl sites for hydroxylation is 1. The van der Waals surface area contributed by atoms with Crippen molar-refractivity contribution < 1.29 is 19.0 Å². The van der Waals surface area contributed by atoms with Gasteiger partial charge in [0, 0.05) is 29.5 Å². The van der Waals surface area contributed by atoms with Gasteiger partial charge in [-0.05, 0) is 72.6 Å². The van der Waals surface area contributed by atoms with E-state index in [1.54, 1.807) is 12.3 Å². The molecule has 0 unspecified atom stereocenters. The van der Waals surface area contributed by atoms with E-state index in [0.29, 0.717) is 23.6 Å². The van der Waals surface area contributed by atoms with Crippen molar-refractivity contribution in [1.29, 1.82) is 5.26 Å². The lowest BCUT2D eigenvalue weighted by atomic mass is 9.83. The summed E-state index contributed by atoms with van der Waals surface area (Å²) in [5.74, 6) is -0.969. The molecule has 1 fully saturated rings. The molecule has 38 heavy (non-hydrogen) atoms. The summed E-state index contributed by atoms with van der Waals surface area (Å²) in [6.45, 7) is 4.42. The number of nitriles is 1. The molecule has 2 aromatic carbocycles. The first-order valence-electron chi connectivity index (χ1n) is 12.3. The van der Waals surface area contributed by atoms with Crippen LogP contribution in [0.1, 0.15) is 53.1 Å². The Kier molecular flexibility index (Phi) is 6.75. The van der Waals surface area contributed by atoms with Crippen LogP contribution in [0.3, 0.4) is 0 Å². The Balaban J connectivity index is 1.80. The second-order valence-corrected chi connectivity index (χ2v) is 9.16. The summed E-state index contributed by atoms with van der Waals surface area (Å²) < 4.78 is 20.3. The SMILES string of the molecule is CCOc1cc(C)c(/C(=C(\c2ccc(/C=C/C(=O)O)cc2)c2ccc3[nH]nc(F)c3c2C#N)C2CC2)cn1. The van der Waals surface area contributed by atoms with Crippen LogP contribution in [0.4, 0.5) is 4.39 Å². The number of carboxylic acid groups (broad SMARTS) is 1. The zero-order chi connectivity index (χ0) is 26.8. The number of nitrogens with one attached hydrogen (secondary N) is 1. The number of hydrogen-bond donors (Lipinski definition) is 2. The summed E-state index contributed by atoms with van der Waals surface area (Å²) in [7, 11) is 0. The molecule has 1 saturated carbocycles. The molecule has 0 atom stereocenters. The summed E-state index contributed by atoms with van der Waals surface area (Å²) >= 11 is 0. The van der Waals surface area contributed by atoms with Crippen molar-refractivity contribution in [2.24, 2.45) is 5.92 Å². The average Bonchev–Trinajstić information content (AvgIpc) is 3.68. The lowest BCUT2D eigenvalue weighted by Crippen LogP contribution is -2.03. The number of rotatable bonds is 8. The normalized spacial score (nSPS) is 13.9. The Morgan fingerprint density at radius 1 is 1.24 bits per heavy atom. The van der Waals surface area contributed by atoms with Gasteiger partial charge in [-0.1, -0.05) is 30.3 Å². The zero-order valence-corrected chi connectivity index (χ0v) is 21.0. The molecule has 1 aliphatic rings. The van der Waals surface area contributed by atoms with Crippen molar-refractivity contribution in [3.8, 4) is 11.9 Å². The number of fused-ring (bicyclic) bond motifs is 1. The molecule has 1 aliphatic carbocycles. The van der Waals surface area contributed by atoms with Gasteiger partial charge in [0.15, 0.2) is 0 Å². The number of hydrogen-bond acceptors (Lipinski definition) is 5. The number of aromatic nitrogens is 3. The number of carboxylic acids is 1. The van der Waals surface area contributed by atoms with Gasteiger partial charge in [-0.15, -0.1) is 5.10 Å². The zero-order valence-electron chi connectivity index (χ0n) is 21.0. The van der Waals surface area contributed by atoms with E-state index in [-0.39, 0.29) is 16.9 Å². The first-order valence-corrected chi connectivity index (χ1v) is 12.3. The number of aliphatic carboxylic acids is 1. The Hall–Kier alpha value is -4.77. The molecular weight excluding hydrogens is 483 g/mol. The Bertz CT molecular complexity index is 1640. The number of benzene rings is 2. The number of H-pyrrole nitrogens is 1. The minimum Gasteiger partial charge on any atom is -0.478 e. The molecule has 0 aliphatic heterocycles. The first kappa shape index (κ1) is 24.9. The van der Waals surface area contributed by atoms with Crippen LogP contribution in [0, 0.1) is 30.1 Å². The fourth-order valence-corrected chi connectivity index (χ4v) is 4.75. The second kappa shape index (κ2) is 10.3. The molecule has 190 valence electrons. The molecule has 2 N–H and O–H groups in total. The Morgan fingerprint density at radius 2 is 2.00 bits per heavy atom. The predicted octanol–water partition coefficient (Wildman–Crippen LogP) is 6.14. The van der Waals surface area contributed by atoms with Crippen molar-refractivity contribution >= 4 is 34.1 Å². The van der Waals surface area contributed by atoms with Crippen LogP contribution >= 0.6 is 0 Å². The van der Waals surface area contributed by atoms with Gasteiger partial charge >= 0.3 is 5.97 Å². The monoisotopic (exact) mass is 508 g/mol. The van der Waals surface area contributed by atoms with Gasteiger partial charge < -0.3 is 9.84 Å². The van der Waals surface area contributed by atoms with Crippen LogP contribution < -0.4 is 4.74 Å². The number of pyridine rings is 1. The maximum atomic E-state index is 14.7. The fourth-order valence-electron chi connectivity index (χ4n) is 4.75. The van der Waals surface area contributed by atoms with Gasteiger partial charge in [0.1, 0.15) is 6.07 Å². The van der Waals surface area contributed by atoms with Crippen LogP contribution in [-0.4, -0.2) is 32.9 Å². The molecule has 0 spiro atoms. The van der Waals surface area contributed by atoms with Gasteiger partial charge in [-0.25, -0.2) is 9.78 Å². The quantitative estimate of drug-likeness (QED) is 0.276. The lowest BCUT2D eigenvalue weighted by Gasteiger charge is -2.20. The highest BCUT2D eigenvalue weighted by atomic mass is 19.1. The maximum Gasteiger partial charge on any atom is 0.328 e. The van der Waals surface area contributed by atoms with Crippen molar-refractivity contribution in [3.05, 3.63) is 94.1 Å². The highest BCUT2D eigenvalue weighted by Crippen LogP contribution is 2.49. The molecule has 0 radical (unpaired) electrons. The van der Waals surface area contributed by atoms with E-state index in [9.17, 15) is 14.4 Å². The molecule has 0 amide bonds. The summed E-state index contributed by atoms with van der Waals surface area (Å²) in [6, 6.07) is 15.1. The van der Waals surface area contributed by atoms with Crippen LogP contribution in [0.25, 0.3) is 28.1 Å². The Morgan fingerprint density at radius 3 is 2.63 bits per heavy atom. The minimum atomic E-state index is -1.03. The minimum absolute atomic E-state index is 0.153. The average molecular weight is 509 g/mol. The predicted molar refractivity (Wildman–Crippen MR) is 143 cm³/mol. The molecule has 7 nitrogen and oxygen atoms in total. The summed E-state index contributed by atoms with van der Waals surface area (Å²) in [5, 5.41) is 25.7. The van der Waals surface area contributed by atoms with Crippen LogP contribution in [-0.2, 0) is 4.79 Å². The summed E-state index contributed by atoms with van der Waals surface area (Å²) in [6.07, 6.45) is 6.37. The molecule has 8 heteroatoms. The largest absolute Gasteiger partial charge is 0.478 e. The molecule has 0 saturated heterocycles. The third kappa shape index (κ3) is 4.78. The second-order valence-electron chi connectivity index (χ2n) is 9.16.